The number of aryl methyl sites for hydroxylation is 1. The molecule has 0 spiro atoms. The van der Waals surface area contributed by atoms with Gasteiger partial charge >= 0.3 is 6.18 Å². The Hall–Kier alpha value is -1.08. The summed E-state index contributed by atoms with van der Waals surface area (Å²) in [6.45, 7) is -1.19. The van der Waals surface area contributed by atoms with Gasteiger partial charge in [0.1, 0.15) is 0 Å². The van der Waals surface area contributed by atoms with Gasteiger partial charge in [-0.2, -0.15) is 18.3 Å². The van der Waals surface area contributed by atoms with Crippen molar-refractivity contribution < 1.29 is 18.3 Å². The summed E-state index contributed by atoms with van der Waals surface area (Å²) in [5, 5.41) is 12.6. The minimum Gasteiger partial charge on any atom is -0.395 e. The lowest BCUT2D eigenvalue weighted by Crippen LogP contribution is -2.35. The number of aliphatic hydroxyl groups is 1. The van der Waals surface area contributed by atoms with Gasteiger partial charge in [-0.15, -0.1) is 0 Å². The van der Waals surface area contributed by atoms with Crippen LogP contribution in [0.4, 0.5) is 13.2 Å². The van der Waals surface area contributed by atoms with Gasteiger partial charge in [0.25, 0.3) is 0 Å². The van der Waals surface area contributed by atoms with Gasteiger partial charge in [-0.3, -0.25) is 9.58 Å². The summed E-state index contributed by atoms with van der Waals surface area (Å²) in [4.78, 5) is 1.14. The van der Waals surface area contributed by atoms with Crippen LogP contribution in [0.2, 0.25) is 0 Å². The molecule has 0 aliphatic heterocycles. The summed E-state index contributed by atoms with van der Waals surface area (Å²) in [6.07, 6.45) is -1.08. The Labute approximate surface area is 91.3 Å². The Balaban J connectivity index is 2.57. The van der Waals surface area contributed by atoms with Crippen LogP contribution in [-0.2, 0) is 13.6 Å². The zero-order chi connectivity index (χ0) is 12.2. The number of alkyl halides is 3. The second-order valence-electron chi connectivity index (χ2n) is 3.57. The van der Waals surface area contributed by atoms with E-state index in [1.807, 2.05) is 0 Å². The number of rotatable bonds is 5. The lowest BCUT2D eigenvalue weighted by Gasteiger charge is -2.21. The van der Waals surface area contributed by atoms with Crippen molar-refractivity contribution in [1.29, 1.82) is 0 Å². The Bertz CT molecular complexity index is 324. The lowest BCUT2D eigenvalue weighted by atomic mass is 10.3. The predicted molar refractivity (Wildman–Crippen MR) is 51.6 cm³/mol. The Kier molecular flexibility index (Phi) is 4.31. The van der Waals surface area contributed by atoms with Gasteiger partial charge in [-0.25, -0.2) is 0 Å². The third kappa shape index (κ3) is 4.63. The van der Waals surface area contributed by atoms with E-state index in [4.69, 9.17) is 5.11 Å². The Morgan fingerprint density at radius 1 is 1.50 bits per heavy atom. The maximum absolute atomic E-state index is 12.2. The molecule has 0 fully saturated rings. The maximum atomic E-state index is 12.2. The second-order valence-corrected chi connectivity index (χ2v) is 3.57. The molecule has 0 saturated carbocycles. The van der Waals surface area contributed by atoms with Crippen LogP contribution in [-0.4, -0.2) is 45.7 Å². The molecule has 1 rings (SSSR count). The minimum absolute atomic E-state index is 0.00555. The van der Waals surface area contributed by atoms with Crippen LogP contribution >= 0.6 is 0 Å². The van der Waals surface area contributed by atoms with E-state index in [1.54, 1.807) is 13.2 Å². The molecule has 0 amide bonds. The molecule has 7 heteroatoms. The standard InChI is InChI=1S/C9H14F3N3O/c1-14-5-8(4-13-14)6-15(2-3-16)7-9(10,11)12/h4-5,16H,2-3,6-7H2,1H3. The van der Waals surface area contributed by atoms with E-state index in [0.717, 1.165) is 4.90 Å². The van der Waals surface area contributed by atoms with Gasteiger partial charge in [0.2, 0.25) is 0 Å². The molecule has 1 aromatic heterocycles. The van der Waals surface area contributed by atoms with Crippen LogP contribution in [0.5, 0.6) is 0 Å². The molecule has 1 heterocycles. The van der Waals surface area contributed by atoms with Gasteiger partial charge in [-0.05, 0) is 0 Å². The Morgan fingerprint density at radius 3 is 2.62 bits per heavy atom. The van der Waals surface area contributed by atoms with Gasteiger partial charge in [0.15, 0.2) is 0 Å². The summed E-state index contributed by atoms with van der Waals surface area (Å²) in [5.41, 5.74) is 0.695. The van der Waals surface area contributed by atoms with Crippen LogP contribution < -0.4 is 0 Å². The van der Waals surface area contributed by atoms with Gasteiger partial charge < -0.3 is 5.11 Å². The number of hydrogen-bond donors (Lipinski definition) is 1. The zero-order valence-corrected chi connectivity index (χ0v) is 8.91. The Morgan fingerprint density at radius 2 is 2.19 bits per heavy atom. The van der Waals surface area contributed by atoms with E-state index in [0.29, 0.717) is 5.56 Å². The molecule has 1 aromatic rings. The topological polar surface area (TPSA) is 41.3 Å². The highest BCUT2D eigenvalue weighted by Crippen LogP contribution is 2.17. The first kappa shape index (κ1) is 13.0. The largest absolute Gasteiger partial charge is 0.401 e. The van der Waals surface area contributed by atoms with Crippen molar-refractivity contribution in [1.82, 2.24) is 14.7 Å². The highest BCUT2D eigenvalue weighted by molar-refractivity contribution is 5.03. The fourth-order valence-electron chi connectivity index (χ4n) is 1.42. The SMILES string of the molecule is Cn1cc(CN(CCO)CC(F)(F)F)cn1. The van der Waals surface area contributed by atoms with Crippen LogP contribution in [0.15, 0.2) is 12.4 Å². The molecular weight excluding hydrogens is 223 g/mol. The van der Waals surface area contributed by atoms with Crippen molar-refractivity contribution in [3.05, 3.63) is 18.0 Å². The smallest absolute Gasteiger partial charge is 0.395 e. The molecule has 0 unspecified atom stereocenters. The quantitative estimate of drug-likeness (QED) is 0.822. The molecular formula is C9H14F3N3O. The number of nitrogens with zero attached hydrogens (tertiary/aromatic N) is 3. The highest BCUT2D eigenvalue weighted by Gasteiger charge is 2.30. The minimum atomic E-state index is -4.25. The van der Waals surface area contributed by atoms with Crippen LogP contribution in [0, 0.1) is 0 Å². The first-order valence-electron chi connectivity index (χ1n) is 4.78. The third-order valence-corrected chi connectivity index (χ3v) is 1.98. The molecule has 0 bridgehead atoms. The van der Waals surface area contributed by atoms with E-state index in [2.05, 4.69) is 5.10 Å². The van der Waals surface area contributed by atoms with Crippen molar-refractivity contribution >= 4 is 0 Å². The molecule has 0 radical (unpaired) electrons. The van der Waals surface area contributed by atoms with E-state index in [1.165, 1.54) is 10.9 Å². The summed E-state index contributed by atoms with van der Waals surface area (Å²) < 4.78 is 38.1. The summed E-state index contributed by atoms with van der Waals surface area (Å²) in [5.74, 6) is 0. The van der Waals surface area contributed by atoms with E-state index >= 15 is 0 Å². The van der Waals surface area contributed by atoms with Crippen LogP contribution in [0.3, 0.4) is 0 Å². The fraction of sp³-hybridized carbons (Fsp3) is 0.667. The normalized spacial score (nSPS) is 12.4. The van der Waals surface area contributed by atoms with Crippen molar-refractivity contribution in [2.75, 3.05) is 19.7 Å². The third-order valence-electron chi connectivity index (χ3n) is 1.98. The number of aliphatic hydroxyl groups excluding tert-OH is 1. The average molecular weight is 237 g/mol. The molecule has 92 valence electrons. The molecule has 1 N–H and O–H groups in total. The second kappa shape index (κ2) is 5.31. The van der Waals surface area contributed by atoms with Crippen LogP contribution in [0.1, 0.15) is 5.56 Å². The number of halogens is 3. The van der Waals surface area contributed by atoms with Crippen molar-refractivity contribution in [3.63, 3.8) is 0 Å². The average Bonchev–Trinajstić information content (AvgIpc) is 2.48. The lowest BCUT2D eigenvalue weighted by molar-refractivity contribution is -0.147. The monoisotopic (exact) mass is 237 g/mol. The first-order chi connectivity index (χ1) is 7.40. The molecule has 0 atom stereocenters. The highest BCUT2D eigenvalue weighted by atomic mass is 19.4. The van der Waals surface area contributed by atoms with Gasteiger partial charge in [0, 0.05) is 31.9 Å². The number of hydrogen-bond acceptors (Lipinski definition) is 3. The molecule has 0 aliphatic carbocycles. The maximum Gasteiger partial charge on any atom is 0.401 e. The zero-order valence-electron chi connectivity index (χ0n) is 8.91. The summed E-state index contributed by atoms with van der Waals surface area (Å²) in [6, 6.07) is 0. The van der Waals surface area contributed by atoms with Gasteiger partial charge in [-0.1, -0.05) is 0 Å². The summed E-state index contributed by atoms with van der Waals surface area (Å²) in [7, 11) is 1.70. The van der Waals surface area contributed by atoms with E-state index in [-0.39, 0.29) is 19.7 Å². The van der Waals surface area contributed by atoms with Gasteiger partial charge in [0.05, 0.1) is 19.3 Å². The van der Waals surface area contributed by atoms with Crippen molar-refractivity contribution in [2.24, 2.45) is 7.05 Å². The number of aromatic nitrogens is 2. The molecule has 4 nitrogen and oxygen atoms in total. The summed E-state index contributed by atoms with van der Waals surface area (Å²) >= 11 is 0. The fourth-order valence-corrected chi connectivity index (χ4v) is 1.42. The molecule has 16 heavy (non-hydrogen) atoms. The van der Waals surface area contributed by atoms with Crippen molar-refractivity contribution in [2.45, 2.75) is 12.7 Å². The van der Waals surface area contributed by atoms with Crippen molar-refractivity contribution in [3.8, 4) is 0 Å². The molecule has 0 saturated heterocycles. The van der Waals surface area contributed by atoms with E-state index < -0.39 is 12.7 Å². The first-order valence-corrected chi connectivity index (χ1v) is 4.78. The van der Waals surface area contributed by atoms with E-state index in [9.17, 15) is 13.2 Å². The van der Waals surface area contributed by atoms with Crippen LogP contribution in [0.25, 0.3) is 0 Å². The predicted octanol–water partition coefficient (Wildman–Crippen LogP) is 0.777. The molecule has 0 aromatic carbocycles. The molecule has 0 aliphatic rings.